The zero-order valence-corrected chi connectivity index (χ0v) is 9.16. The van der Waals surface area contributed by atoms with Crippen molar-refractivity contribution in [3.63, 3.8) is 0 Å². The van der Waals surface area contributed by atoms with Crippen molar-refractivity contribution in [3.05, 3.63) is 0 Å². The van der Waals surface area contributed by atoms with Gasteiger partial charge in [-0.1, -0.05) is 6.92 Å². The minimum Gasteiger partial charge on any atom is -0.468 e. The second-order valence-electron chi connectivity index (χ2n) is 3.64. The molecule has 1 aliphatic rings. The molecule has 1 heterocycles. The largest absolute Gasteiger partial charge is 0.468 e. The van der Waals surface area contributed by atoms with Gasteiger partial charge in [-0.25, -0.2) is 0 Å². The molecule has 0 aromatic heterocycles. The highest BCUT2D eigenvalue weighted by Crippen LogP contribution is 2.02. The van der Waals surface area contributed by atoms with Crippen molar-refractivity contribution in [2.24, 2.45) is 0 Å². The molecule has 0 bridgehead atoms. The summed E-state index contributed by atoms with van der Waals surface area (Å²) < 4.78 is 4.65. The highest BCUT2D eigenvalue weighted by Gasteiger charge is 2.15. The van der Waals surface area contributed by atoms with Crippen molar-refractivity contribution in [1.29, 1.82) is 0 Å². The third-order valence-electron chi connectivity index (χ3n) is 2.71. The lowest BCUT2D eigenvalue weighted by Gasteiger charge is -2.19. The number of nitrogens with zero attached hydrogens (tertiary/aromatic N) is 2. The van der Waals surface area contributed by atoms with Crippen LogP contribution in [0.2, 0.25) is 0 Å². The molecule has 4 heteroatoms. The van der Waals surface area contributed by atoms with Crippen molar-refractivity contribution in [2.75, 3.05) is 46.4 Å². The van der Waals surface area contributed by atoms with Crippen LogP contribution in [0, 0.1) is 0 Å². The second kappa shape index (κ2) is 5.98. The average molecular weight is 200 g/mol. The summed E-state index contributed by atoms with van der Waals surface area (Å²) in [7, 11) is 1.44. The van der Waals surface area contributed by atoms with Crippen LogP contribution in [0.25, 0.3) is 0 Å². The first-order valence-electron chi connectivity index (χ1n) is 5.27. The van der Waals surface area contributed by atoms with Gasteiger partial charge in [0.1, 0.15) is 0 Å². The van der Waals surface area contributed by atoms with Crippen LogP contribution in [0.3, 0.4) is 0 Å². The summed E-state index contributed by atoms with van der Waals surface area (Å²) >= 11 is 0. The van der Waals surface area contributed by atoms with Gasteiger partial charge < -0.3 is 9.64 Å². The first kappa shape index (κ1) is 11.5. The van der Waals surface area contributed by atoms with Crippen LogP contribution in [0.15, 0.2) is 0 Å². The number of carbonyl (C=O) groups is 1. The van der Waals surface area contributed by atoms with Gasteiger partial charge in [0.25, 0.3) is 0 Å². The Morgan fingerprint density at radius 2 is 1.86 bits per heavy atom. The van der Waals surface area contributed by atoms with Crippen LogP contribution in [0.4, 0.5) is 0 Å². The number of hydrogen-bond donors (Lipinski definition) is 0. The van der Waals surface area contributed by atoms with Gasteiger partial charge in [0.2, 0.25) is 0 Å². The van der Waals surface area contributed by atoms with E-state index in [0.29, 0.717) is 6.54 Å². The lowest BCUT2D eigenvalue weighted by Crippen LogP contribution is -2.34. The second-order valence-corrected chi connectivity index (χ2v) is 3.64. The van der Waals surface area contributed by atoms with Gasteiger partial charge in [0.15, 0.2) is 0 Å². The number of likely N-dealkylation sites (N-methyl/N-ethyl adjacent to an activating group) is 1. The molecule has 1 aliphatic heterocycles. The molecule has 0 unspecified atom stereocenters. The van der Waals surface area contributed by atoms with Crippen LogP contribution in [-0.2, 0) is 9.53 Å². The Morgan fingerprint density at radius 3 is 2.50 bits per heavy atom. The molecule has 0 amide bonds. The molecule has 0 N–H and O–H groups in total. The summed E-state index contributed by atoms with van der Waals surface area (Å²) in [4.78, 5) is 15.6. The van der Waals surface area contributed by atoms with Crippen LogP contribution >= 0.6 is 0 Å². The monoisotopic (exact) mass is 200 g/mol. The summed E-state index contributed by atoms with van der Waals surface area (Å²) in [5.74, 6) is -0.130. The molecule has 14 heavy (non-hydrogen) atoms. The highest BCUT2D eigenvalue weighted by molar-refractivity contribution is 5.71. The fourth-order valence-electron chi connectivity index (χ4n) is 1.75. The summed E-state index contributed by atoms with van der Waals surface area (Å²) in [6, 6.07) is 0. The van der Waals surface area contributed by atoms with Gasteiger partial charge in [-0.3, -0.25) is 9.69 Å². The van der Waals surface area contributed by atoms with Gasteiger partial charge in [-0.05, 0) is 19.5 Å². The van der Waals surface area contributed by atoms with Crippen molar-refractivity contribution >= 4 is 5.97 Å². The number of methoxy groups -OCH3 is 1. The Balaban J connectivity index is 2.30. The summed E-state index contributed by atoms with van der Waals surface area (Å²) in [5.41, 5.74) is 0. The lowest BCUT2D eigenvalue weighted by atomic mass is 10.4. The van der Waals surface area contributed by atoms with E-state index >= 15 is 0 Å². The van der Waals surface area contributed by atoms with E-state index in [2.05, 4.69) is 21.5 Å². The number of ether oxygens (including phenoxy) is 1. The van der Waals surface area contributed by atoms with Crippen molar-refractivity contribution in [3.8, 4) is 0 Å². The Morgan fingerprint density at radius 1 is 1.21 bits per heavy atom. The van der Waals surface area contributed by atoms with E-state index in [9.17, 15) is 4.79 Å². The molecular formula is C10H20N2O2. The molecule has 0 aliphatic carbocycles. The van der Waals surface area contributed by atoms with E-state index in [4.69, 9.17) is 0 Å². The van der Waals surface area contributed by atoms with E-state index in [-0.39, 0.29) is 5.97 Å². The zero-order chi connectivity index (χ0) is 10.4. The average Bonchev–Trinajstić information content (AvgIpc) is 2.43. The topological polar surface area (TPSA) is 32.8 Å². The number of carbonyl (C=O) groups excluding carboxylic acids is 1. The molecule has 0 atom stereocenters. The smallest absolute Gasteiger partial charge is 0.319 e. The van der Waals surface area contributed by atoms with E-state index < -0.39 is 0 Å². The first-order chi connectivity index (χ1) is 6.76. The van der Waals surface area contributed by atoms with Crippen LogP contribution in [0.1, 0.15) is 13.3 Å². The van der Waals surface area contributed by atoms with Crippen molar-refractivity contribution < 1.29 is 9.53 Å². The standard InChI is InChI=1S/C10H20N2O2/c1-3-11-5-4-6-12(8-7-11)9-10(13)14-2/h3-9H2,1-2H3. The van der Waals surface area contributed by atoms with Gasteiger partial charge in [-0.15, -0.1) is 0 Å². The van der Waals surface area contributed by atoms with E-state index in [1.165, 1.54) is 7.11 Å². The van der Waals surface area contributed by atoms with Gasteiger partial charge in [0, 0.05) is 19.6 Å². The zero-order valence-electron chi connectivity index (χ0n) is 9.16. The molecule has 0 saturated carbocycles. The Bertz CT molecular complexity index is 185. The fourth-order valence-corrected chi connectivity index (χ4v) is 1.75. The molecule has 1 rings (SSSR count). The van der Waals surface area contributed by atoms with E-state index in [1.807, 2.05) is 0 Å². The molecule has 0 aromatic carbocycles. The Labute approximate surface area is 85.8 Å². The van der Waals surface area contributed by atoms with Gasteiger partial charge in [-0.2, -0.15) is 0 Å². The predicted molar refractivity (Wildman–Crippen MR) is 55.2 cm³/mol. The van der Waals surface area contributed by atoms with Gasteiger partial charge in [0.05, 0.1) is 13.7 Å². The molecule has 1 fully saturated rings. The minimum absolute atomic E-state index is 0.130. The minimum atomic E-state index is -0.130. The SMILES string of the molecule is CCN1CCCN(CC(=O)OC)CC1. The molecule has 4 nitrogen and oxygen atoms in total. The maximum Gasteiger partial charge on any atom is 0.319 e. The van der Waals surface area contributed by atoms with Crippen LogP contribution < -0.4 is 0 Å². The lowest BCUT2D eigenvalue weighted by molar-refractivity contribution is -0.141. The van der Waals surface area contributed by atoms with Crippen molar-refractivity contribution in [1.82, 2.24) is 9.80 Å². The first-order valence-corrected chi connectivity index (χ1v) is 5.27. The molecule has 82 valence electrons. The molecular weight excluding hydrogens is 180 g/mol. The third kappa shape index (κ3) is 3.64. The van der Waals surface area contributed by atoms with E-state index in [1.54, 1.807) is 0 Å². The predicted octanol–water partition coefficient (Wildman–Crippen LogP) is 0.187. The van der Waals surface area contributed by atoms with Gasteiger partial charge >= 0.3 is 5.97 Å². The molecule has 1 saturated heterocycles. The summed E-state index contributed by atoms with van der Waals surface area (Å²) in [6.45, 7) is 7.91. The highest BCUT2D eigenvalue weighted by atomic mass is 16.5. The third-order valence-corrected chi connectivity index (χ3v) is 2.71. The molecule has 0 aromatic rings. The van der Waals surface area contributed by atoms with Crippen molar-refractivity contribution in [2.45, 2.75) is 13.3 Å². The number of hydrogen-bond acceptors (Lipinski definition) is 4. The number of rotatable bonds is 3. The summed E-state index contributed by atoms with van der Waals surface area (Å²) in [6.07, 6.45) is 1.14. The Hall–Kier alpha value is -0.610. The number of esters is 1. The fraction of sp³-hybridized carbons (Fsp3) is 0.900. The maximum absolute atomic E-state index is 11.1. The normalized spacial score (nSPS) is 20.4. The Kier molecular flexibility index (Phi) is 4.90. The quantitative estimate of drug-likeness (QED) is 0.609. The van der Waals surface area contributed by atoms with E-state index in [0.717, 1.165) is 39.1 Å². The molecule has 0 radical (unpaired) electrons. The molecule has 0 spiro atoms. The maximum atomic E-state index is 11.1. The van der Waals surface area contributed by atoms with Crippen LogP contribution in [0.5, 0.6) is 0 Å². The van der Waals surface area contributed by atoms with Crippen LogP contribution in [-0.4, -0.2) is 62.1 Å². The summed E-state index contributed by atoms with van der Waals surface area (Å²) in [5, 5.41) is 0.